The maximum absolute atomic E-state index is 11.3. The largest absolute Gasteiger partial charge is 0.327 e. The molecule has 0 heterocycles. The average Bonchev–Trinajstić information content (AvgIpc) is 2.00. The van der Waals surface area contributed by atoms with Gasteiger partial charge in [0.2, 0.25) is 0 Å². The number of rotatable bonds is 6. The van der Waals surface area contributed by atoms with Gasteiger partial charge in [0.05, 0.1) is 5.75 Å². The normalized spacial score (nSPS) is 14.8. The third-order valence-corrected chi connectivity index (χ3v) is 4.02. The minimum Gasteiger partial charge on any atom is -0.327 e. The van der Waals surface area contributed by atoms with Crippen LogP contribution in [0.25, 0.3) is 0 Å². The minimum atomic E-state index is -2.84. The van der Waals surface area contributed by atoms with Crippen molar-refractivity contribution in [2.75, 3.05) is 11.5 Å². The summed E-state index contributed by atoms with van der Waals surface area (Å²) in [5.41, 5.74) is 5.76. The fourth-order valence-electron chi connectivity index (χ4n) is 1.06. The van der Waals surface area contributed by atoms with Crippen molar-refractivity contribution in [1.82, 2.24) is 0 Å². The van der Waals surface area contributed by atoms with Gasteiger partial charge in [-0.15, -0.1) is 0 Å². The van der Waals surface area contributed by atoms with Crippen molar-refractivity contribution in [3.8, 4) is 0 Å². The summed E-state index contributed by atoms with van der Waals surface area (Å²) in [4.78, 5) is 0. The fourth-order valence-corrected chi connectivity index (χ4v) is 2.52. The maximum atomic E-state index is 11.3. The predicted molar refractivity (Wildman–Crippen MR) is 56.4 cm³/mol. The van der Waals surface area contributed by atoms with Crippen LogP contribution in [0.4, 0.5) is 0 Å². The Morgan fingerprint density at radius 3 is 2.15 bits per heavy atom. The lowest BCUT2D eigenvalue weighted by molar-refractivity contribution is 0.478. The van der Waals surface area contributed by atoms with Crippen molar-refractivity contribution in [2.24, 2.45) is 11.7 Å². The zero-order valence-corrected chi connectivity index (χ0v) is 9.60. The first kappa shape index (κ1) is 12.9. The summed E-state index contributed by atoms with van der Waals surface area (Å²) in [6.45, 7) is 5.90. The highest BCUT2D eigenvalue weighted by atomic mass is 32.2. The Hall–Kier alpha value is -0.0900. The Bertz CT molecular complexity index is 222. The third-order valence-electron chi connectivity index (χ3n) is 2.13. The van der Waals surface area contributed by atoms with Gasteiger partial charge < -0.3 is 5.73 Å². The quantitative estimate of drug-likeness (QED) is 0.711. The molecule has 0 fully saturated rings. The fraction of sp³-hybridized carbons (Fsp3) is 1.00. The summed E-state index contributed by atoms with van der Waals surface area (Å²) in [6.07, 6.45) is 1.28. The molecular formula is C9H21NO2S. The molecule has 0 aliphatic carbocycles. The predicted octanol–water partition coefficient (Wildman–Crippen LogP) is 1.18. The molecule has 0 saturated heterocycles. The van der Waals surface area contributed by atoms with Crippen molar-refractivity contribution in [3.05, 3.63) is 0 Å². The van der Waals surface area contributed by atoms with E-state index in [0.29, 0.717) is 18.8 Å². The van der Waals surface area contributed by atoms with Gasteiger partial charge >= 0.3 is 0 Å². The summed E-state index contributed by atoms with van der Waals surface area (Å²) in [5, 5.41) is 0. The zero-order chi connectivity index (χ0) is 10.5. The Morgan fingerprint density at radius 1 is 1.23 bits per heavy atom. The molecule has 0 saturated carbocycles. The first-order valence-electron chi connectivity index (χ1n) is 4.85. The average molecular weight is 207 g/mol. The molecule has 0 rings (SSSR count). The van der Waals surface area contributed by atoms with E-state index >= 15 is 0 Å². The highest BCUT2D eigenvalue weighted by Crippen LogP contribution is 2.05. The summed E-state index contributed by atoms with van der Waals surface area (Å²) in [6, 6.07) is 0.00614. The summed E-state index contributed by atoms with van der Waals surface area (Å²) < 4.78 is 22.6. The molecule has 4 heteroatoms. The molecule has 80 valence electrons. The van der Waals surface area contributed by atoms with Gasteiger partial charge in [0.25, 0.3) is 0 Å². The van der Waals surface area contributed by atoms with Crippen LogP contribution in [0.3, 0.4) is 0 Å². The van der Waals surface area contributed by atoms with E-state index in [1.165, 1.54) is 0 Å². The molecule has 0 aromatic heterocycles. The van der Waals surface area contributed by atoms with Crippen molar-refractivity contribution in [1.29, 1.82) is 0 Å². The van der Waals surface area contributed by atoms with E-state index in [-0.39, 0.29) is 17.5 Å². The lowest BCUT2D eigenvalue weighted by atomic mass is 10.0. The topological polar surface area (TPSA) is 60.2 Å². The summed E-state index contributed by atoms with van der Waals surface area (Å²) >= 11 is 0. The van der Waals surface area contributed by atoms with Crippen LogP contribution in [0.1, 0.15) is 33.6 Å². The number of hydrogen-bond donors (Lipinski definition) is 1. The van der Waals surface area contributed by atoms with Gasteiger partial charge in [-0.05, 0) is 18.8 Å². The van der Waals surface area contributed by atoms with Crippen molar-refractivity contribution in [2.45, 2.75) is 39.7 Å². The van der Waals surface area contributed by atoms with E-state index < -0.39 is 9.84 Å². The third kappa shape index (κ3) is 6.05. The van der Waals surface area contributed by atoms with Crippen LogP contribution in [-0.4, -0.2) is 26.0 Å². The van der Waals surface area contributed by atoms with E-state index in [9.17, 15) is 8.42 Å². The van der Waals surface area contributed by atoms with E-state index in [1.54, 1.807) is 0 Å². The molecule has 0 aromatic rings. The molecular weight excluding hydrogens is 186 g/mol. The van der Waals surface area contributed by atoms with E-state index in [2.05, 4.69) is 0 Å². The lowest BCUT2D eigenvalue weighted by Gasteiger charge is -2.14. The van der Waals surface area contributed by atoms with Crippen LogP contribution in [0, 0.1) is 5.92 Å². The second kappa shape index (κ2) is 5.60. The van der Waals surface area contributed by atoms with Gasteiger partial charge in [-0.3, -0.25) is 0 Å². The molecule has 0 aliphatic rings. The monoisotopic (exact) mass is 207 g/mol. The first-order valence-corrected chi connectivity index (χ1v) is 6.67. The van der Waals surface area contributed by atoms with Gasteiger partial charge in [-0.2, -0.15) is 0 Å². The van der Waals surface area contributed by atoms with Crippen LogP contribution in [0.5, 0.6) is 0 Å². The Labute approximate surface area is 81.6 Å². The van der Waals surface area contributed by atoms with Crippen LogP contribution in [0.2, 0.25) is 0 Å². The number of hydrogen-bond acceptors (Lipinski definition) is 3. The molecule has 0 bridgehead atoms. The summed E-state index contributed by atoms with van der Waals surface area (Å²) in [7, 11) is -2.84. The lowest BCUT2D eigenvalue weighted by Crippen LogP contribution is -2.29. The Balaban J connectivity index is 3.88. The highest BCUT2D eigenvalue weighted by Gasteiger charge is 2.14. The van der Waals surface area contributed by atoms with Gasteiger partial charge in [0.1, 0.15) is 9.84 Å². The number of nitrogens with two attached hydrogens (primary N) is 1. The van der Waals surface area contributed by atoms with E-state index in [4.69, 9.17) is 5.73 Å². The van der Waals surface area contributed by atoms with E-state index in [0.717, 1.165) is 0 Å². The van der Waals surface area contributed by atoms with Gasteiger partial charge in [-0.1, -0.05) is 20.8 Å². The number of sulfone groups is 1. The zero-order valence-electron chi connectivity index (χ0n) is 8.79. The molecule has 0 aliphatic heterocycles. The SMILES string of the molecule is CCCS(=O)(=O)CCC(N)C(C)C. The standard InChI is InChI=1S/C9H21NO2S/c1-4-6-13(11,12)7-5-9(10)8(2)3/h8-9H,4-7,10H2,1-3H3. The summed E-state index contributed by atoms with van der Waals surface area (Å²) in [5.74, 6) is 0.884. The smallest absolute Gasteiger partial charge is 0.150 e. The Kier molecular flexibility index (Phi) is 5.56. The molecule has 1 atom stereocenters. The van der Waals surface area contributed by atoms with Crippen LogP contribution in [0.15, 0.2) is 0 Å². The second-order valence-corrected chi connectivity index (χ2v) is 6.15. The van der Waals surface area contributed by atoms with Crippen LogP contribution >= 0.6 is 0 Å². The van der Waals surface area contributed by atoms with Crippen molar-refractivity contribution < 1.29 is 8.42 Å². The van der Waals surface area contributed by atoms with Gasteiger partial charge in [0.15, 0.2) is 0 Å². The molecule has 2 N–H and O–H groups in total. The first-order chi connectivity index (χ1) is 5.89. The molecule has 0 amide bonds. The highest BCUT2D eigenvalue weighted by molar-refractivity contribution is 7.91. The van der Waals surface area contributed by atoms with Gasteiger partial charge in [-0.25, -0.2) is 8.42 Å². The molecule has 3 nitrogen and oxygen atoms in total. The molecule has 0 aromatic carbocycles. The minimum absolute atomic E-state index is 0.00614. The van der Waals surface area contributed by atoms with Crippen molar-refractivity contribution >= 4 is 9.84 Å². The molecule has 0 spiro atoms. The van der Waals surface area contributed by atoms with Crippen LogP contribution in [-0.2, 0) is 9.84 Å². The van der Waals surface area contributed by atoms with Crippen molar-refractivity contribution in [3.63, 3.8) is 0 Å². The van der Waals surface area contributed by atoms with Crippen LogP contribution < -0.4 is 5.73 Å². The maximum Gasteiger partial charge on any atom is 0.150 e. The second-order valence-electron chi connectivity index (χ2n) is 3.85. The van der Waals surface area contributed by atoms with Gasteiger partial charge in [0, 0.05) is 11.8 Å². The Morgan fingerprint density at radius 2 is 1.77 bits per heavy atom. The molecule has 1 unspecified atom stereocenters. The molecule has 0 radical (unpaired) electrons. The molecule has 13 heavy (non-hydrogen) atoms. The van der Waals surface area contributed by atoms with E-state index in [1.807, 2.05) is 20.8 Å².